The number of benzene rings is 3. The number of carbonyl (C=O) groups is 1. The third-order valence-electron chi connectivity index (χ3n) is 5.50. The average Bonchev–Trinajstić information content (AvgIpc) is 3.36. The van der Waals surface area contributed by atoms with Crippen LogP contribution in [0, 0.1) is 5.82 Å². The highest BCUT2D eigenvalue weighted by molar-refractivity contribution is 7.92. The van der Waals surface area contributed by atoms with Crippen LogP contribution in [0.4, 0.5) is 10.1 Å². The Bertz CT molecular complexity index is 1540. The molecule has 0 spiro atoms. The van der Waals surface area contributed by atoms with Crippen LogP contribution < -0.4 is 9.11 Å². The van der Waals surface area contributed by atoms with Crippen LogP contribution in [0.25, 0.3) is 10.2 Å². The van der Waals surface area contributed by atoms with Gasteiger partial charge in [0.05, 0.1) is 20.8 Å². The number of sulfonamides is 1. The van der Waals surface area contributed by atoms with Gasteiger partial charge in [-0.25, -0.2) is 12.8 Å². The summed E-state index contributed by atoms with van der Waals surface area (Å²) in [5.41, 5.74) is 2.32. The molecule has 5 rings (SSSR count). The SMILES string of the molecule is Cn1c(=NC(=O)c2ccc(S(=O)(=O)N3CCc4ccccc43)cc2)sc2cccc(F)c21. The van der Waals surface area contributed by atoms with Crippen LogP contribution in [0.5, 0.6) is 0 Å². The maximum atomic E-state index is 14.1. The summed E-state index contributed by atoms with van der Waals surface area (Å²) in [5.74, 6) is -0.906. The van der Waals surface area contributed by atoms with Crippen LogP contribution in [0.2, 0.25) is 0 Å². The Morgan fingerprint density at radius 2 is 1.78 bits per heavy atom. The molecule has 0 bridgehead atoms. The van der Waals surface area contributed by atoms with Crippen molar-refractivity contribution >= 4 is 43.2 Å². The van der Waals surface area contributed by atoms with Crippen LogP contribution in [0.1, 0.15) is 15.9 Å². The van der Waals surface area contributed by atoms with E-state index in [4.69, 9.17) is 0 Å². The maximum Gasteiger partial charge on any atom is 0.279 e. The highest BCUT2D eigenvalue weighted by Crippen LogP contribution is 2.32. The number of thiazole rings is 1. The first-order chi connectivity index (χ1) is 15.4. The Labute approximate surface area is 187 Å². The molecule has 1 aliphatic rings. The summed E-state index contributed by atoms with van der Waals surface area (Å²) in [4.78, 5) is 17.3. The summed E-state index contributed by atoms with van der Waals surface area (Å²) in [6, 6.07) is 17.9. The summed E-state index contributed by atoms with van der Waals surface area (Å²) in [6.45, 7) is 0.386. The molecular weight excluding hydrogens is 449 g/mol. The standard InChI is InChI=1S/C23H18FN3O3S2/c1-26-21-18(24)6-4-8-20(21)31-23(26)25-22(28)16-9-11-17(12-10-16)32(29,30)27-14-13-15-5-2-3-7-19(15)27/h2-12H,13-14H2,1H3. The first-order valence-electron chi connectivity index (χ1n) is 9.90. The summed E-state index contributed by atoms with van der Waals surface area (Å²) in [7, 11) is -2.08. The van der Waals surface area contributed by atoms with Crippen LogP contribution in [-0.2, 0) is 23.5 Å². The fraction of sp³-hybridized carbons (Fsp3) is 0.130. The van der Waals surface area contributed by atoms with Gasteiger partial charge in [-0.15, -0.1) is 0 Å². The molecule has 0 fully saturated rings. The number of halogens is 1. The first-order valence-corrected chi connectivity index (χ1v) is 12.2. The van der Waals surface area contributed by atoms with Crippen molar-refractivity contribution in [2.24, 2.45) is 12.0 Å². The summed E-state index contributed by atoms with van der Waals surface area (Å²) >= 11 is 1.21. The molecule has 4 aromatic rings. The molecule has 1 amide bonds. The number of para-hydroxylation sites is 2. The molecule has 2 heterocycles. The molecule has 9 heteroatoms. The zero-order valence-electron chi connectivity index (χ0n) is 17.0. The second kappa shape index (κ2) is 7.68. The second-order valence-corrected chi connectivity index (χ2v) is 10.3. The zero-order valence-corrected chi connectivity index (χ0v) is 18.7. The predicted octanol–water partition coefficient (Wildman–Crippen LogP) is 3.87. The third kappa shape index (κ3) is 3.34. The van der Waals surface area contributed by atoms with E-state index >= 15 is 0 Å². The molecule has 3 aromatic carbocycles. The normalized spacial score (nSPS) is 14.2. The summed E-state index contributed by atoms with van der Waals surface area (Å²) in [6.07, 6.45) is 0.664. The molecule has 0 atom stereocenters. The van der Waals surface area contributed by atoms with Crippen molar-refractivity contribution in [1.82, 2.24) is 4.57 Å². The lowest BCUT2D eigenvalue weighted by atomic mass is 10.2. The molecule has 0 N–H and O–H groups in total. The lowest BCUT2D eigenvalue weighted by Crippen LogP contribution is -2.29. The van der Waals surface area contributed by atoms with Crippen molar-refractivity contribution < 1.29 is 17.6 Å². The van der Waals surface area contributed by atoms with E-state index in [1.54, 1.807) is 25.2 Å². The number of rotatable bonds is 3. The number of hydrogen-bond acceptors (Lipinski definition) is 4. The lowest BCUT2D eigenvalue weighted by Gasteiger charge is -2.19. The van der Waals surface area contributed by atoms with Crippen molar-refractivity contribution in [1.29, 1.82) is 0 Å². The van der Waals surface area contributed by atoms with E-state index in [-0.39, 0.29) is 16.3 Å². The van der Waals surface area contributed by atoms with Crippen LogP contribution >= 0.6 is 11.3 Å². The number of aryl methyl sites for hydroxylation is 1. The minimum Gasteiger partial charge on any atom is -0.317 e. The average molecular weight is 468 g/mol. The molecule has 1 aromatic heterocycles. The summed E-state index contributed by atoms with van der Waals surface area (Å²) < 4.78 is 44.0. The molecule has 162 valence electrons. The van der Waals surface area contributed by atoms with Gasteiger partial charge >= 0.3 is 0 Å². The molecule has 6 nitrogen and oxygen atoms in total. The van der Waals surface area contributed by atoms with E-state index in [1.807, 2.05) is 18.2 Å². The minimum atomic E-state index is -3.73. The molecule has 1 aliphatic heterocycles. The van der Waals surface area contributed by atoms with E-state index in [0.29, 0.717) is 33.7 Å². The Hall–Kier alpha value is -3.30. The first kappa shape index (κ1) is 20.6. The monoisotopic (exact) mass is 467 g/mol. The number of anilines is 1. The minimum absolute atomic E-state index is 0.111. The second-order valence-electron chi connectivity index (χ2n) is 7.43. The van der Waals surface area contributed by atoms with E-state index in [2.05, 4.69) is 4.99 Å². The van der Waals surface area contributed by atoms with Crippen molar-refractivity contribution in [2.75, 3.05) is 10.8 Å². The van der Waals surface area contributed by atoms with E-state index in [0.717, 1.165) is 5.56 Å². The molecular formula is C23H18FN3O3S2. The molecule has 0 radical (unpaired) electrons. The molecule has 0 saturated carbocycles. The van der Waals surface area contributed by atoms with Crippen molar-refractivity contribution in [2.45, 2.75) is 11.3 Å². The van der Waals surface area contributed by atoms with Crippen LogP contribution in [0.15, 0.2) is 76.6 Å². The summed E-state index contributed by atoms with van der Waals surface area (Å²) in [5, 5.41) is 0. The largest absolute Gasteiger partial charge is 0.317 e. The third-order valence-corrected chi connectivity index (χ3v) is 8.43. The Balaban J connectivity index is 1.45. The number of aromatic nitrogens is 1. The number of amides is 1. The number of nitrogens with zero attached hydrogens (tertiary/aromatic N) is 3. The zero-order chi connectivity index (χ0) is 22.5. The number of hydrogen-bond donors (Lipinski definition) is 0. The van der Waals surface area contributed by atoms with Gasteiger partial charge in [-0.3, -0.25) is 9.10 Å². The van der Waals surface area contributed by atoms with Gasteiger partial charge < -0.3 is 4.57 Å². The van der Waals surface area contributed by atoms with E-state index in [1.165, 1.54) is 50.5 Å². The Kier molecular flexibility index (Phi) is 4.94. The molecule has 32 heavy (non-hydrogen) atoms. The van der Waals surface area contributed by atoms with Gasteiger partial charge in [-0.05, 0) is 54.4 Å². The van der Waals surface area contributed by atoms with Crippen LogP contribution in [-0.4, -0.2) is 25.4 Å². The molecule has 0 unspecified atom stereocenters. The highest BCUT2D eigenvalue weighted by atomic mass is 32.2. The number of carbonyl (C=O) groups excluding carboxylic acids is 1. The van der Waals surface area contributed by atoms with Crippen molar-refractivity contribution in [3.63, 3.8) is 0 Å². The maximum absolute atomic E-state index is 14.1. The smallest absolute Gasteiger partial charge is 0.279 e. The van der Waals surface area contributed by atoms with E-state index < -0.39 is 15.9 Å². The topological polar surface area (TPSA) is 71.7 Å². The quantitative estimate of drug-likeness (QED) is 0.459. The van der Waals surface area contributed by atoms with E-state index in [9.17, 15) is 17.6 Å². The molecule has 0 aliphatic carbocycles. The van der Waals surface area contributed by atoms with Gasteiger partial charge in [0.2, 0.25) is 0 Å². The van der Waals surface area contributed by atoms with Crippen LogP contribution in [0.3, 0.4) is 0 Å². The predicted molar refractivity (Wildman–Crippen MR) is 122 cm³/mol. The van der Waals surface area contributed by atoms with Gasteiger partial charge in [0, 0.05) is 19.2 Å². The lowest BCUT2D eigenvalue weighted by molar-refractivity contribution is 0.0998. The fourth-order valence-electron chi connectivity index (χ4n) is 3.87. The Morgan fingerprint density at radius 3 is 2.53 bits per heavy atom. The van der Waals surface area contributed by atoms with Gasteiger partial charge in [-0.1, -0.05) is 35.6 Å². The highest BCUT2D eigenvalue weighted by Gasteiger charge is 2.30. The Morgan fingerprint density at radius 1 is 1.03 bits per heavy atom. The van der Waals surface area contributed by atoms with Gasteiger partial charge in [0.1, 0.15) is 5.82 Å². The van der Waals surface area contributed by atoms with Gasteiger partial charge in [0.15, 0.2) is 4.80 Å². The van der Waals surface area contributed by atoms with Crippen molar-refractivity contribution in [3.05, 3.63) is 88.5 Å². The molecule has 0 saturated heterocycles. The van der Waals surface area contributed by atoms with Gasteiger partial charge in [-0.2, -0.15) is 4.99 Å². The number of fused-ring (bicyclic) bond motifs is 2. The fourth-order valence-corrected chi connectivity index (χ4v) is 6.40. The van der Waals surface area contributed by atoms with Crippen molar-refractivity contribution in [3.8, 4) is 0 Å². The van der Waals surface area contributed by atoms with Gasteiger partial charge in [0.25, 0.3) is 15.9 Å².